The molecule has 2 aliphatic heterocycles. The number of carbonyl (C=O) groups excluding carboxylic acids is 2. The molecule has 1 aromatic rings. The van der Waals surface area contributed by atoms with Gasteiger partial charge in [-0.1, -0.05) is 11.6 Å². The van der Waals surface area contributed by atoms with Gasteiger partial charge in [0.25, 0.3) is 5.91 Å². The molecule has 0 spiro atoms. The minimum atomic E-state index is -0.657. The van der Waals surface area contributed by atoms with Crippen LogP contribution in [0.15, 0.2) is 12.1 Å². The molecule has 0 saturated carbocycles. The molecule has 3 rings (SSSR count). The summed E-state index contributed by atoms with van der Waals surface area (Å²) < 4.78 is 13.4. The number of carbonyl (C=O) groups is 2. The van der Waals surface area contributed by atoms with Crippen LogP contribution in [0.5, 0.6) is 0 Å². The van der Waals surface area contributed by atoms with Crippen molar-refractivity contribution in [3.63, 3.8) is 0 Å². The van der Waals surface area contributed by atoms with Crippen LogP contribution >= 0.6 is 11.6 Å². The van der Waals surface area contributed by atoms with Gasteiger partial charge in [0, 0.05) is 6.54 Å². The number of nitrogens with zero attached hydrogens (tertiary/aromatic N) is 1. The summed E-state index contributed by atoms with van der Waals surface area (Å²) in [7, 11) is 0. The molecule has 2 heterocycles. The normalized spacial score (nSPS) is 22.3. The maximum Gasteiger partial charge on any atom is 0.258 e. The Kier molecular flexibility index (Phi) is 2.52. The molecule has 0 aliphatic carbocycles. The standard InChI is InChI=1S/C12H10ClFN2O2/c13-10-6(14)3-4-7-9(10)12(18)16-5-1-2-8(16)11(17)15-7/h3-4,8H,1-2,5H2,(H,15,17)/t8-/m0/s1. The van der Waals surface area contributed by atoms with E-state index in [4.69, 9.17) is 11.6 Å². The Hall–Kier alpha value is -1.62. The number of rotatable bonds is 0. The monoisotopic (exact) mass is 268 g/mol. The smallest absolute Gasteiger partial charge is 0.258 e. The third-order valence-corrected chi connectivity index (χ3v) is 3.75. The maximum atomic E-state index is 13.4. The van der Waals surface area contributed by atoms with Crippen LogP contribution in [-0.2, 0) is 4.79 Å². The van der Waals surface area contributed by atoms with Gasteiger partial charge in [-0.05, 0) is 25.0 Å². The molecule has 6 heteroatoms. The van der Waals surface area contributed by atoms with Crippen molar-refractivity contribution in [3.8, 4) is 0 Å². The first-order chi connectivity index (χ1) is 8.59. The predicted molar refractivity (Wildman–Crippen MR) is 64.1 cm³/mol. The Morgan fingerprint density at radius 2 is 2.17 bits per heavy atom. The van der Waals surface area contributed by atoms with E-state index in [1.54, 1.807) is 0 Å². The van der Waals surface area contributed by atoms with E-state index in [2.05, 4.69) is 5.32 Å². The van der Waals surface area contributed by atoms with E-state index < -0.39 is 11.9 Å². The zero-order valence-corrected chi connectivity index (χ0v) is 10.1. The highest BCUT2D eigenvalue weighted by atomic mass is 35.5. The van der Waals surface area contributed by atoms with Gasteiger partial charge in [0.05, 0.1) is 16.3 Å². The molecule has 1 fully saturated rings. The van der Waals surface area contributed by atoms with E-state index in [1.165, 1.54) is 11.0 Å². The molecule has 0 radical (unpaired) electrons. The summed E-state index contributed by atoms with van der Waals surface area (Å²) in [5, 5.41) is 2.41. The van der Waals surface area contributed by atoms with Crippen LogP contribution in [0.3, 0.4) is 0 Å². The molecule has 0 unspecified atom stereocenters. The fourth-order valence-corrected chi connectivity index (χ4v) is 2.75. The van der Waals surface area contributed by atoms with Crippen LogP contribution in [-0.4, -0.2) is 29.3 Å². The van der Waals surface area contributed by atoms with E-state index in [0.29, 0.717) is 13.0 Å². The van der Waals surface area contributed by atoms with Gasteiger partial charge in [-0.2, -0.15) is 0 Å². The molecule has 1 N–H and O–H groups in total. The number of fused-ring (bicyclic) bond motifs is 2. The largest absolute Gasteiger partial charge is 0.326 e. The first-order valence-corrected chi connectivity index (χ1v) is 6.07. The lowest BCUT2D eigenvalue weighted by Gasteiger charge is -2.20. The summed E-state index contributed by atoms with van der Waals surface area (Å²) in [6.07, 6.45) is 1.40. The molecule has 94 valence electrons. The molecule has 18 heavy (non-hydrogen) atoms. The van der Waals surface area contributed by atoms with Gasteiger partial charge in [-0.3, -0.25) is 9.59 Å². The van der Waals surface area contributed by atoms with E-state index in [1.807, 2.05) is 0 Å². The van der Waals surface area contributed by atoms with E-state index in [9.17, 15) is 14.0 Å². The first kappa shape index (κ1) is 11.5. The van der Waals surface area contributed by atoms with Crippen LogP contribution in [0.2, 0.25) is 5.02 Å². The molecule has 0 bridgehead atoms. The molecule has 2 aliphatic rings. The Balaban J connectivity index is 2.18. The van der Waals surface area contributed by atoms with Gasteiger partial charge < -0.3 is 10.2 Å². The topological polar surface area (TPSA) is 49.4 Å². The van der Waals surface area contributed by atoms with Crippen molar-refractivity contribution in [3.05, 3.63) is 28.5 Å². The zero-order valence-electron chi connectivity index (χ0n) is 9.37. The minimum Gasteiger partial charge on any atom is -0.326 e. The van der Waals surface area contributed by atoms with Crippen LogP contribution in [0.1, 0.15) is 23.2 Å². The van der Waals surface area contributed by atoms with Crippen molar-refractivity contribution in [2.75, 3.05) is 11.9 Å². The van der Waals surface area contributed by atoms with Crippen molar-refractivity contribution in [2.45, 2.75) is 18.9 Å². The van der Waals surface area contributed by atoms with Crippen molar-refractivity contribution in [1.82, 2.24) is 4.90 Å². The molecule has 4 nitrogen and oxygen atoms in total. The Bertz CT molecular complexity index is 561. The zero-order chi connectivity index (χ0) is 12.9. The highest BCUT2D eigenvalue weighted by Crippen LogP contribution is 2.34. The summed E-state index contributed by atoms with van der Waals surface area (Å²) in [5.74, 6) is -1.27. The van der Waals surface area contributed by atoms with Crippen molar-refractivity contribution in [1.29, 1.82) is 0 Å². The lowest BCUT2D eigenvalue weighted by atomic mass is 10.1. The summed E-state index contributed by atoms with van der Waals surface area (Å²) >= 11 is 5.84. The van der Waals surface area contributed by atoms with E-state index in [-0.39, 0.29) is 28.1 Å². The van der Waals surface area contributed by atoms with Crippen LogP contribution in [0.4, 0.5) is 10.1 Å². The van der Waals surface area contributed by atoms with Gasteiger partial charge >= 0.3 is 0 Å². The van der Waals surface area contributed by atoms with Gasteiger partial charge in [0.15, 0.2) is 0 Å². The lowest BCUT2D eigenvalue weighted by Crippen LogP contribution is -2.40. The quantitative estimate of drug-likeness (QED) is 0.783. The molecule has 2 amide bonds. The lowest BCUT2D eigenvalue weighted by molar-refractivity contribution is -0.119. The number of halogens is 2. The first-order valence-electron chi connectivity index (χ1n) is 5.69. The molecular weight excluding hydrogens is 259 g/mol. The van der Waals surface area contributed by atoms with Gasteiger partial charge in [0.1, 0.15) is 11.9 Å². The summed E-state index contributed by atoms with van der Waals surface area (Å²) in [6.45, 7) is 0.503. The maximum absolute atomic E-state index is 13.4. The number of benzene rings is 1. The third kappa shape index (κ3) is 1.50. The third-order valence-electron chi connectivity index (χ3n) is 3.38. The van der Waals surface area contributed by atoms with Crippen molar-refractivity contribution in [2.24, 2.45) is 0 Å². The summed E-state index contributed by atoms with van der Waals surface area (Å²) in [5.41, 5.74) is 0.334. The Labute approximate surface area is 108 Å². The second-order valence-corrected chi connectivity index (χ2v) is 4.81. The highest BCUT2D eigenvalue weighted by Gasteiger charge is 2.39. The number of anilines is 1. The number of hydrogen-bond acceptors (Lipinski definition) is 2. The number of nitrogens with one attached hydrogen (secondary N) is 1. The van der Waals surface area contributed by atoms with E-state index >= 15 is 0 Å². The fourth-order valence-electron chi connectivity index (χ4n) is 2.51. The highest BCUT2D eigenvalue weighted by molar-refractivity contribution is 6.35. The molecule has 0 aromatic heterocycles. The number of hydrogen-bond donors (Lipinski definition) is 1. The van der Waals surface area contributed by atoms with Crippen molar-refractivity contribution < 1.29 is 14.0 Å². The van der Waals surface area contributed by atoms with Gasteiger partial charge in [0.2, 0.25) is 5.91 Å². The van der Waals surface area contributed by atoms with Gasteiger partial charge in [-0.25, -0.2) is 4.39 Å². The summed E-state index contributed by atoms with van der Waals surface area (Å²) in [4.78, 5) is 25.7. The van der Waals surface area contributed by atoms with E-state index in [0.717, 1.165) is 12.5 Å². The van der Waals surface area contributed by atoms with Crippen LogP contribution in [0.25, 0.3) is 0 Å². The van der Waals surface area contributed by atoms with Crippen LogP contribution in [0, 0.1) is 5.82 Å². The predicted octanol–water partition coefficient (Wildman–Crippen LogP) is 2.04. The minimum absolute atomic E-state index is 0.0504. The molecule has 1 aromatic carbocycles. The Morgan fingerprint density at radius 3 is 2.94 bits per heavy atom. The SMILES string of the molecule is O=C1Nc2ccc(F)c(Cl)c2C(=O)N2CCC[C@@H]12. The number of amides is 2. The second kappa shape index (κ2) is 3.95. The summed E-state index contributed by atoms with van der Waals surface area (Å²) in [6, 6.07) is 2.05. The molecule has 1 atom stereocenters. The van der Waals surface area contributed by atoms with Crippen LogP contribution < -0.4 is 5.32 Å². The average Bonchev–Trinajstić information content (AvgIpc) is 2.79. The Morgan fingerprint density at radius 1 is 1.39 bits per heavy atom. The molecular formula is C12H10ClFN2O2. The molecule has 1 saturated heterocycles. The van der Waals surface area contributed by atoms with Gasteiger partial charge in [-0.15, -0.1) is 0 Å². The fraction of sp³-hybridized carbons (Fsp3) is 0.333. The average molecular weight is 269 g/mol. The second-order valence-electron chi connectivity index (χ2n) is 4.43. The van der Waals surface area contributed by atoms with Crippen molar-refractivity contribution >= 4 is 29.1 Å².